The molecule has 2 heterocycles. The predicted molar refractivity (Wildman–Crippen MR) is 114 cm³/mol. The number of ether oxygens (including phenoxy) is 2. The van der Waals surface area contributed by atoms with E-state index in [1.165, 1.54) is 30.3 Å². The molecule has 0 amide bonds. The summed E-state index contributed by atoms with van der Waals surface area (Å²) in [7, 11) is 0. The lowest BCUT2D eigenvalue weighted by atomic mass is 9.99. The number of fused-ring (bicyclic) bond motifs is 1. The van der Waals surface area contributed by atoms with E-state index in [1.807, 2.05) is 0 Å². The fourth-order valence-corrected chi connectivity index (χ4v) is 3.43. The molecule has 0 radical (unpaired) electrons. The number of phenolic OH excluding ortho intramolecular Hbond substituents is 4. The van der Waals surface area contributed by atoms with Gasteiger partial charge >= 0.3 is 11.3 Å². The van der Waals surface area contributed by atoms with Gasteiger partial charge in [0.25, 0.3) is 0 Å². The van der Waals surface area contributed by atoms with Crippen LogP contribution in [0.4, 0.5) is 0 Å². The van der Waals surface area contributed by atoms with Gasteiger partial charge in [0.15, 0.2) is 11.5 Å². The van der Waals surface area contributed by atoms with E-state index in [4.69, 9.17) is 13.9 Å². The van der Waals surface area contributed by atoms with Crippen molar-refractivity contribution in [2.24, 2.45) is 0 Å². The lowest BCUT2D eigenvalue weighted by Gasteiger charge is -2.39. The van der Waals surface area contributed by atoms with Gasteiger partial charge in [-0.15, -0.1) is 12.4 Å². The summed E-state index contributed by atoms with van der Waals surface area (Å²) in [6, 6.07) is 7.37. The van der Waals surface area contributed by atoms with E-state index in [0.717, 1.165) is 6.07 Å². The summed E-state index contributed by atoms with van der Waals surface area (Å²) in [5.41, 5.74) is 0.260. The van der Waals surface area contributed by atoms with Crippen molar-refractivity contribution in [1.82, 2.24) is 0 Å². The quantitative estimate of drug-likeness (QED) is 0.137. The molecule has 0 saturated carbocycles. The Morgan fingerprint density at radius 1 is 0.853 bits per heavy atom. The van der Waals surface area contributed by atoms with Crippen LogP contribution in [0.25, 0.3) is 22.3 Å². The number of hydrogen-bond acceptors (Lipinski definition) is 10. The molecule has 8 N–H and O–H groups in total. The summed E-state index contributed by atoms with van der Waals surface area (Å²) >= 11 is 0. The van der Waals surface area contributed by atoms with Crippen molar-refractivity contribution in [3.05, 3.63) is 36.4 Å². The van der Waals surface area contributed by atoms with Gasteiger partial charge in [-0.25, -0.2) is 4.42 Å². The first-order valence-corrected chi connectivity index (χ1v) is 9.52. The van der Waals surface area contributed by atoms with Crippen LogP contribution in [0.15, 0.2) is 40.8 Å². The van der Waals surface area contributed by atoms with Gasteiger partial charge in [0.1, 0.15) is 41.3 Å². The minimum atomic E-state index is -1.71. The number of hydrogen-bond donors (Lipinski definition) is 8. The van der Waals surface area contributed by atoms with Gasteiger partial charge in [0.05, 0.1) is 18.2 Å². The number of halogens is 2. The Kier molecular flexibility index (Phi) is 8.61. The summed E-state index contributed by atoms with van der Waals surface area (Å²) < 4.78 is 16.8. The number of aliphatic hydroxyl groups excluding tert-OH is 4. The van der Waals surface area contributed by atoms with Crippen LogP contribution in [0.1, 0.15) is 0 Å². The van der Waals surface area contributed by atoms with Crippen LogP contribution in [-0.4, -0.2) is 78.2 Å². The van der Waals surface area contributed by atoms with Crippen molar-refractivity contribution in [1.29, 1.82) is 0 Å². The molecule has 1 aliphatic rings. The third-order valence-electron chi connectivity index (χ3n) is 5.15. The molecule has 1 aromatic heterocycles. The van der Waals surface area contributed by atoms with E-state index in [1.54, 1.807) is 0 Å². The zero-order valence-corrected chi connectivity index (χ0v) is 18.7. The van der Waals surface area contributed by atoms with E-state index in [2.05, 4.69) is 0 Å². The molecule has 0 aliphatic carbocycles. The summed E-state index contributed by atoms with van der Waals surface area (Å²) in [6.07, 6.45) is -7.76. The normalized spacial score (nSPS) is 24.2. The molecular formula is C21H22Cl2O11. The molecule has 4 rings (SSSR count). The van der Waals surface area contributed by atoms with E-state index in [9.17, 15) is 40.9 Å². The molecule has 0 spiro atoms. The Labute approximate surface area is 204 Å². The average molecular weight is 521 g/mol. The highest BCUT2D eigenvalue weighted by molar-refractivity contribution is 5.88. The first kappa shape index (κ1) is 27.5. The maximum absolute atomic E-state index is 10.3. The highest BCUT2D eigenvalue weighted by atomic mass is 35.5. The van der Waals surface area contributed by atoms with Crippen LogP contribution < -0.4 is 17.1 Å². The second kappa shape index (κ2) is 10.7. The number of aromatic hydroxyl groups is 4. The van der Waals surface area contributed by atoms with Crippen molar-refractivity contribution in [3.63, 3.8) is 0 Å². The zero-order chi connectivity index (χ0) is 23.2. The van der Waals surface area contributed by atoms with Crippen LogP contribution >= 0.6 is 12.4 Å². The first-order valence-electron chi connectivity index (χ1n) is 9.52. The molecule has 2 aromatic carbocycles. The van der Waals surface area contributed by atoms with Crippen molar-refractivity contribution in [2.75, 3.05) is 6.61 Å². The Balaban J connectivity index is 0.00000204. The number of rotatable bonds is 4. The minimum Gasteiger partial charge on any atom is -1.00 e. The van der Waals surface area contributed by atoms with E-state index in [0.29, 0.717) is 0 Å². The fraction of sp³-hybridized carbons (Fsp3) is 0.286. The van der Waals surface area contributed by atoms with Gasteiger partial charge in [-0.1, -0.05) is 0 Å². The summed E-state index contributed by atoms with van der Waals surface area (Å²) in [6.45, 7) is -0.661. The van der Waals surface area contributed by atoms with Crippen molar-refractivity contribution in [2.45, 2.75) is 30.7 Å². The summed E-state index contributed by atoms with van der Waals surface area (Å²) in [5.74, 6) is -1.64. The Morgan fingerprint density at radius 3 is 2.21 bits per heavy atom. The SMILES string of the molecule is Cl.OC[C@H]1O[C@@H](Oc2cc3c(O)cc(O)cc3[o+]c2-c2ccc(O)c(O)c2)[C@H](O)[C@@H](O)[C@@H]1O.[Cl-]. The van der Waals surface area contributed by atoms with Crippen LogP contribution in [0, 0.1) is 0 Å². The molecular weight excluding hydrogens is 499 g/mol. The maximum atomic E-state index is 10.3. The van der Waals surface area contributed by atoms with Crippen molar-refractivity contribution >= 4 is 23.4 Å². The van der Waals surface area contributed by atoms with E-state index < -0.39 is 43.1 Å². The smallest absolute Gasteiger partial charge is 0.402 e. The monoisotopic (exact) mass is 520 g/mol. The number of benzene rings is 2. The summed E-state index contributed by atoms with van der Waals surface area (Å²) in [4.78, 5) is 0. The van der Waals surface area contributed by atoms with Gasteiger partial charge in [-0.2, -0.15) is 0 Å². The maximum Gasteiger partial charge on any atom is 0.402 e. The first-order chi connectivity index (χ1) is 15.2. The zero-order valence-electron chi connectivity index (χ0n) is 17.1. The van der Waals surface area contributed by atoms with Crippen molar-refractivity contribution < 1.29 is 67.2 Å². The van der Waals surface area contributed by atoms with Crippen molar-refractivity contribution in [3.8, 4) is 40.1 Å². The average Bonchev–Trinajstić information content (AvgIpc) is 2.76. The van der Waals surface area contributed by atoms with E-state index >= 15 is 0 Å². The largest absolute Gasteiger partial charge is 1.00 e. The van der Waals surface area contributed by atoms with Crippen LogP contribution in [0.3, 0.4) is 0 Å². The molecule has 1 saturated heterocycles. The second-order valence-corrected chi connectivity index (χ2v) is 7.34. The molecule has 1 fully saturated rings. The second-order valence-electron chi connectivity index (χ2n) is 7.34. The third-order valence-corrected chi connectivity index (χ3v) is 5.15. The topological polar surface area (TPSA) is 192 Å². The Hall–Kier alpha value is -2.77. The molecule has 0 unspecified atom stereocenters. The van der Waals surface area contributed by atoms with Gasteiger partial charge in [0, 0.05) is 18.2 Å². The van der Waals surface area contributed by atoms with Gasteiger partial charge < -0.3 is 62.7 Å². The number of aliphatic hydroxyl groups is 4. The number of phenols is 4. The van der Waals surface area contributed by atoms with Crippen LogP contribution in [0.2, 0.25) is 0 Å². The molecule has 1 aliphatic heterocycles. The van der Waals surface area contributed by atoms with Crippen LogP contribution in [0.5, 0.6) is 28.7 Å². The fourth-order valence-electron chi connectivity index (χ4n) is 3.43. The molecule has 5 atom stereocenters. The lowest BCUT2D eigenvalue weighted by molar-refractivity contribution is -0.277. The Morgan fingerprint density at radius 2 is 1.56 bits per heavy atom. The summed E-state index contributed by atoms with van der Waals surface area (Å²) in [5, 5.41) is 79.2. The molecule has 3 aromatic rings. The van der Waals surface area contributed by atoms with Gasteiger partial charge in [-0.3, -0.25) is 0 Å². The minimum absolute atomic E-state index is 0. The molecule has 186 valence electrons. The lowest BCUT2D eigenvalue weighted by Crippen LogP contribution is -3.00. The molecule has 13 heteroatoms. The molecule has 0 bridgehead atoms. The van der Waals surface area contributed by atoms with Gasteiger partial charge in [-0.05, 0) is 12.1 Å². The van der Waals surface area contributed by atoms with Crippen LogP contribution in [-0.2, 0) is 4.74 Å². The standard InChI is InChI=1S/C21H20O11.2ClH/c22-7-16-17(27)18(28)19(29)21(32-16)31-15-6-10-12(25)4-9(23)5-14(10)30-20(15)8-1-2-11(24)13(26)3-8;;/h1-6,16-19,21-22,27-29H,7H2,(H3-,23,24,25,26);2*1H/t16-,17-,18+,19-,21-;;/m1../s1. The predicted octanol–water partition coefficient (Wildman–Crippen LogP) is -2.19. The van der Waals surface area contributed by atoms with E-state index in [-0.39, 0.29) is 70.1 Å². The third kappa shape index (κ3) is 5.00. The van der Waals surface area contributed by atoms with Gasteiger partial charge in [0.2, 0.25) is 12.0 Å². The Bertz CT molecular complexity index is 1160. The molecule has 11 nitrogen and oxygen atoms in total. The highest BCUT2D eigenvalue weighted by Gasteiger charge is 2.45. The highest BCUT2D eigenvalue weighted by Crippen LogP contribution is 2.42. The molecule has 34 heavy (non-hydrogen) atoms.